The monoisotopic (exact) mass is 473 g/mol. The number of nitrogen functional groups attached to an aromatic ring is 1. The number of hydrogen-bond donors (Lipinski definition) is 3. The Kier molecular flexibility index (Phi) is 5.29. The van der Waals surface area contributed by atoms with Crippen LogP contribution in [0.5, 0.6) is 0 Å². The molecule has 2 aromatic heterocycles. The van der Waals surface area contributed by atoms with Crippen molar-refractivity contribution in [3.05, 3.63) is 111 Å². The normalized spacial score (nSPS) is 11.1. The Morgan fingerprint density at radius 1 is 0.848 bits per heavy atom. The fourth-order valence-corrected chi connectivity index (χ4v) is 4.52. The van der Waals surface area contributed by atoms with Crippen LogP contribution in [0, 0.1) is 0 Å². The summed E-state index contributed by atoms with van der Waals surface area (Å²) in [7, 11) is 0. The molecule has 0 aliphatic rings. The topological polar surface area (TPSA) is 91.7 Å². The van der Waals surface area contributed by atoms with E-state index in [0.29, 0.717) is 32.3 Å². The number of carbonyl (C=O) groups is 2. The largest absolute Gasteiger partial charge is 0.385 e. The molecule has 3 aromatic carbocycles. The van der Waals surface area contributed by atoms with Gasteiger partial charge in [-0.2, -0.15) is 0 Å². The summed E-state index contributed by atoms with van der Waals surface area (Å²) in [5.41, 5.74) is 9.24. The summed E-state index contributed by atoms with van der Waals surface area (Å²) in [6, 6.07) is 21.1. The van der Waals surface area contributed by atoms with E-state index in [1.807, 2.05) is 30.3 Å². The number of ketones is 2. The molecule has 0 fully saturated rings. The van der Waals surface area contributed by atoms with Gasteiger partial charge in [-0.15, -0.1) is 0 Å². The summed E-state index contributed by atoms with van der Waals surface area (Å²) < 4.78 is 0. The zero-order chi connectivity index (χ0) is 23.1. The van der Waals surface area contributed by atoms with Crippen LogP contribution in [0.3, 0.4) is 0 Å². The molecule has 0 bridgehead atoms. The number of rotatable bonds is 5. The summed E-state index contributed by atoms with van der Waals surface area (Å²) in [5, 5.41) is 1.50. The number of anilines is 1. The minimum atomic E-state index is -0.325. The molecular formula is C26H17Cl2N3O2. The Morgan fingerprint density at radius 3 is 2.33 bits per heavy atom. The Morgan fingerprint density at radius 2 is 1.58 bits per heavy atom. The van der Waals surface area contributed by atoms with Gasteiger partial charge in [-0.05, 0) is 18.2 Å². The smallest absolute Gasteiger partial charge is 0.209 e. The first-order chi connectivity index (χ1) is 16.0. The quantitative estimate of drug-likeness (QED) is 0.254. The number of aromatic amines is 2. The van der Waals surface area contributed by atoms with Crippen molar-refractivity contribution in [2.24, 2.45) is 0 Å². The summed E-state index contributed by atoms with van der Waals surface area (Å²) in [5.74, 6) is -0.541. The maximum absolute atomic E-state index is 13.8. The highest BCUT2D eigenvalue weighted by Crippen LogP contribution is 2.40. The molecule has 0 amide bonds. The van der Waals surface area contributed by atoms with E-state index in [9.17, 15) is 9.59 Å². The fourth-order valence-electron chi connectivity index (χ4n) is 4.01. The van der Waals surface area contributed by atoms with E-state index in [1.165, 1.54) is 0 Å². The lowest BCUT2D eigenvalue weighted by Crippen LogP contribution is -2.06. The SMILES string of the molecule is Nc1[nH]c(C(=O)c2ccccc2)c(-c2ccc(Cl)cc2Cl)c1C(=O)c1c[nH]c2ccccc12. The highest BCUT2D eigenvalue weighted by atomic mass is 35.5. The molecule has 0 aliphatic heterocycles. The van der Waals surface area contributed by atoms with E-state index in [1.54, 1.807) is 48.7 Å². The molecule has 5 aromatic rings. The zero-order valence-electron chi connectivity index (χ0n) is 17.2. The van der Waals surface area contributed by atoms with Gasteiger partial charge in [0.15, 0.2) is 5.78 Å². The number of nitrogens with one attached hydrogen (secondary N) is 2. The molecule has 0 atom stereocenters. The molecule has 0 spiro atoms. The summed E-state index contributed by atoms with van der Waals surface area (Å²) in [4.78, 5) is 33.3. The van der Waals surface area contributed by atoms with E-state index in [-0.39, 0.29) is 28.6 Å². The van der Waals surface area contributed by atoms with Gasteiger partial charge in [-0.3, -0.25) is 9.59 Å². The van der Waals surface area contributed by atoms with Crippen molar-refractivity contribution in [2.75, 3.05) is 5.73 Å². The maximum atomic E-state index is 13.8. The van der Waals surface area contributed by atoms with Gasteiger partial charge in [0, 0.05) is 49.4 Å². The average Bonchev–Trinajstić information content (AvgIpc) is 3.40. The van der Waals surface area contributed by atoms with Crippen molar-refractivity contribution in [3.63, 3.8) is 0 Å². The maximum Gasteiger partial charge on any atom is 0.209 e. The number of para-hydroxylation sites is 1. The molecule has 4 N–H and O–H groups in total. The van der Waals surface area contributed by atoms with Crippen molar-refractivity contribution in [1.29, 1.82) is 0 Å². The van der Waals surface area contributed by atoms with Crippen LogP contribution in [0.25, 0.3) is 22.0 Å². The first-order valence-electron chi connectivity index (χ1n) is 10.1. The zero-order valence-corrected chi connectivity index (χ0v) is 18.7. The van der Waals surface area contributed by atoms with E-state index < -0.39 is 0 Å². The molecule has 0 saturated heterocycles. The second kappa shape index (κ2) is 8.28. The number of halogens is 2. The number of carbonyl (C=O) groups excluding carboxylic acids is 2. The molecule has 2 heterocycles. The van der Waals surface area contributed by atoms with Gasteiger partial charge < -0.3 is 15.7 Å². The summed E-state index contributed by atoms with van der Waals surface area (Å²) in [6.07, 6.45) is 1.64. The highest BCUT2D eigenvalue weighted by molar-refractivity contribution is 6.37. The van der Waals surface area contributed by atoms with Gasteiger partial charge in [-0.1, -0.05) is 77.8 Å². The van der Waals surface area contributed by atoms with Gasteiger partial charge in [0.25, 0.3) is 0 Å². The van der Waals surface area contributed by atoms with Gasteiger partial charge in [0.1, 0.15) is 5.82 Å². The van der Waals surface area contributed by atoms with Crippen molar-refractivity contribution in [3.8, 4) is 11.1 Å². The fraction of sp³-hybridized carbons (Fsp3) is 0. The minimum Gasteiger partial charge on any atom is -0.385 e. The molecule has 0 saturated carbocycles. The summed E-state index contributed by atoms with van der Waals surface area (Å²) >= 11 is 12.6. The third kappa shape index (κ3) is 3.61. The Bertz CT molecular complexity index is 1530. The van der Waals surface area contributed by atoms with Crippen LogP contribution in [0.2, 0.25) is 10.0 Å². The number of aromatic nitrogens is 2. The predicted octanol–water partition coefficient (Wildman–Crippen LogP) is 6.51. The molecule has 7 heteroatoms. The molecule has 162 valence electrons. The molecule has 5 rings (SSSR count). The van der Waals surface area contributed by atoms with Crippen LogP contribution >= 0.6 is 23.2 Å². The Labute approximate surface area is 199 Å². The minimum absolute atomic E-state index is 0.0885. The number of benzene rings is 3. The van der Waals surface area contributed by atoms with Crippen LogP contribution in [0.15, 0.2) is 79.0 Å². The van der Waals surface area contributed by atoms with E-state index in [2.05, 4.69) is 9.97 Å². The van der Waals surface area contributed by atoms with Crippen LogP contribution in [0.4, 0.5) is 5.82 Å². The first-order valence-corrected chi connectivity index (χ1v) is 10.9. The third-order valence-corrected chi connectivity index (χ3v) is 6.10. The van der Waals surface area contributed by atoms with Crippen molar-refractivity contribution in [1.82, 2.24) is 9.97 Å². The predicted molar refractivity (Wildman–Crippen MR) is 132 cm³/mol. The van der Waals surface area contributed by atoms with Gasteiger partial charge in [-0.25, -0.2) is 0 Å². The molecule has 5 nitrogen and oxygen atoms in total. The lowest BCUT2D eigenvalue weighted by Gasteiger charge is -2.10. The summed E-state index contributed by atoms with van der Waals surface area (Å²) in [6.45, 7) is 0. The van der Waals surface area contributed by atoms with E-state index in [4.69, 9.17) is 28.9 Å². The van der Waals surface area contributed by atoms with E-state index in [0.717, 1.165) is 10.9 Å². The van der Waals surface area contributed by atoms with E-state index >= 15 is 0 Å². The Balaban J connectivity index is 1.77. The average molecular weight is 474 g/mol. The van der Waals surface area contributed by atoms with Crippen LogP contribution in [0.1, 0.15) is 32.0 Å². The number of nitrogens with two attached hydrogens (primary N) is 1. The van der Waals surface area contributed by atoms with Gasteiger partial charge in [0.05, 0.1) is 11.3 Å². The van der Waals surface area contributed by atoms with Crippen LogP contribution in [-0.4, -0.2) is 21.5 Å². The number of hydrogen-bond acceptors (Lipinski definition) is 3. The van der Waals surface area contributed by atoms with Crippen molar-refractivity contribution >= 4 is 51.5 Å². The molecular weight excluding hydrogens is 457 g/mol. The number of H-pyrrole nitrogens is 2. The molecule has 33 heavy (non-hydrogen) atoms. The molecule has 0 unspecified atom stereocenters. The van der Waals surface area contributed by atoms with Gasteiger partial charge >= 0.3 is 0 Å². The lowest BCUT2D eigenvalue weighted by atomic mass is 9.93. The molecule has 0 radical (unpaired) electrons. The second-order valence-corrected chi connectivity index (χ2v) is 8.40. The highest BCUT2D eigenvalue weighted by Gasteiger charge is 2.30. The van der Waals surface area contributed by atoms with Crippen molar-refractivity contribution in [2.45, 2.75) is 0 Å². The second-order valence-electron chi connectivity index (χ2n) is 7.56. The third-order valence-electron chi connectivity index (χ3n) is 5.55. The van der Waals surface area contributed by atoms with Crippen LogP contribution < -0.4 is 5.73 Å². The van der Waals surface area contributed by atoms with Crippen LogP contribution in [-0.2, 0) is 0 Å². The lowest BCUT2D eigenvalue weighted by molar-refractivity contribution is 0.103. The van der Waals surface area contributed by atoms with Gasteiger partial charge in [0.2, 0.25) is 5.78 Å². The van der Waals surface area contributed by atoms with Crippen molar-refractivity contribution < 1.29 is 9.59 Å². The first kappa shape index (κ1) is 21.1. The molecule has 0 aliphatic carbocycles. The number of fused-ring (bicyclic) bond motifs is 1. The standard InChI is InChI=1S/C26H17Cl2N3O2/c27-15-10-11-17(19(28)12-15)21-22(25(33)18-13-30-20-9-5-4-8-16(18)20)26(29)31-23(21)24(32)14-6-2-1-3-7-14/h1-13,30-31H,29H2. The Hall–Kier alpha value is -3.80.